The Kier molecular flexibility index (Phi) is 4.91. The molecule has 140 valence electrons. The molecule has 7 heteroatoms. The van der Waals surface area contributed by atoms with Gasteiger partial charge in [-0.1, -0.05) is 18.2 Å². The lowest BCUT2D eigenvalue weighted by molar-refractivity contribution is 0.0674. The smallest absolute Gasteiger partial charge is 0.289 e. The first-order chi connectivity index (χ1) is 13.2. The lowest BCUT2D eigenvalue weighted by Crippen LogP contribution is -2.38. The van der Waals surface area contributed by atoms with Crippen molar-refractivity contribution in [3.8, 4) is 5.75 Å². The zero-order valence-corrected chi connectivity index (χ0v) is 15.2. The molecule has 1 amide bonds. The minimum atomic E-state index is -0.0607. The van der Waals surface area contributed by atoms with E-state index in [0.717, 1.165) is 30.0 Å². The van der Waals surface area contributed by atoms with Crippen molar-refractivity contribution in [2.75, 3.05) is 13.1 Å². The van der Waals surface area contributed by atoms with Crippen LogP contribution in [-0.4, -0.2) is 39.1 Å². The zero-order valence-electron chi connectivity index (χ0n) is 15.2. The van der Waals surface area contributed by atoms with E-state index in [1.165, 1.54) is 6.33 Å². The lowest BCUT2D eigenvalue weighted by Gasteiger charge is -2.30. The van der Waals surface area contributed by atoms with Crippen LogP contribution in [0.2, 0.25) is 0 Å². The number of piperidine rings is 1. The van der Waals surface area contributed by atoms with E-state index >= 15 is 0 Å². The highest BCUT2D eigenvalue weighted by Gasteiger charge is 2.28. The maximum Gasteiger partial charge on any atom is 0.289 e. The number of hydrogen-bond donors (Lipinski definition) is 1. The molecule has 0 unspecified atom stereocenters. The van der Waals surface area contributed by atoms with Gasteiger partial charge >= 0.3 is 0 Å². The number of carbonyl (C=O) groups excluding carboxylic acids is 1. The molecule has 1 saturated heterocycles. The van der Waals surface area contributed by atoms with Gasteiger partial charge in [0.1, 0.15) is 30.3 Å². The summed E-state index contributed by atoms with van der Waals surface area (Å²) in [5.41, 5.74) is 0.837. The van der Waals surface area contributed by atoms with Crippen LogP contribution in [0.1, 0.15) is 46.5 Å². The van der Waals surface area contributed by atoms with Crippen molar-refractivity contribution in [3.63, 3.8) is 0 Å². The molecule has 4 rings (SSSR count). The third kappa shape index (κ3) is 3.86. The molecule has 0 bridgehead atoms. The monoisotopic (exact) mass is 366 g/mol. The first-order valence-electron chi connectivity index (χ1n) is 9.12. The molecule has 7 nitrogen and oxygen atoms in total. The molecule has 0 saturated carbocycles. The lowest BCUT2D eigenvalue weighted by atomic mass is 9.96. The number of nitrogens with one attached hydrogen (secondary N) is 1. The number of aryl methyl sites for hydroxylation is 1. The van der Waals surface area contributed by atoms with Gasteiger partial charge in [-0.25, -0.2) is 4.98 Å². The van der Waals surface area contributed by atoms with Gasteiger partial charge in [0.25, 0.3) is 5.91 Å². The van der Waals surface area contributed by atoms with Crippen molar-refractivity contribution in [1.29, 1.82) is 0 Å². The van der Waals surface area contributed by atoms with Crippen LogP contribution in [0.3, 0.4) is 0 Å². The van der Waals surface area contributed by atoms with Crippen LogP contribution >= 0.6 is 0 Å². The van der Waals surface area contributed by atoms with Crippen LogP contribution in [0.15, 0.2) is 47.1 Å². The summed E-state index contributed by atoms with van der Waals surface area (Å²) in [5, 5.41) is 6.83. The van der Waals surface area contributed by atoms with Crippen molar-refractivity contribution in [2.24, 2.45) is 0 Å². The van der Waals surface area contributed by atoms with E-state index in [1.54, 1.807) is 0 Å². The van der Waals surface area contributed by atoms with E-state index in [9.17, 15) is 4.79 Å². The summed E-state index contributed by atoms with van der Waals surface area (Å²) in [4.78, 5) is 18.9. The molecule has 0 spiro atoms. The van der Waals surface area contributed by atoms with Gasteiger partial charge in [0.05, 0.1) is 0 Å². The topological polar surface area (TPSA) is 84.2 Å². The number of rotatable bonds is 5. The molecule has 3 heterocycles. The van der Waals surface area contributed by atoms with Gasteiger partial charge in [-0.05, 0) is 38.0 Å². The Hall–Kier alpha value is -3.09. The Morgan fingerprint density at radius 2 is 2.07 bits per heavy atom. The van der Waals surface area contributed by atoms with Gasteiger partial charge in [0, 0.05) is 24.6 Å². The summed E-state index contributed by atoms with van der Waals surface area (Å²) in [6.45, 7) is 3.55. The number of nitrogens with zero attached hydrogens (tertiary/aromatic N) is 3. The summed E-state index contributed by atoms with van der Waals surface area (Å²) in [5.74, 6) is 2.99. The SMILES string of the molecule is Cc1cc(COc2ccccc2)oc1C(=O)N1CCC(c2ncn[nH]2)CC1. The van der Waals surface area contributed by atoms with E-state index in [1.807, 2.05) is 48.2 Å². The predicted octanol–water partition coefficient (Wildman–Crippen LogP) is 3.30. The van der Waals surface area contributed by atoms with E-state index in [0.29, 0.717) is 37.1 Å². The summed E-state index contributed by atoms with van der Waals surface area (Å²) >= 11 is 0. The van der Waals surface area contributed by atoms with Gasteiger partial charge in [0.15, 0.2) is 5.76 Å². The molecule has 1 N–H and O–H groups in total. The summed E-state index contributed by atoms with van der Waals surface area (Å²) in [6, 6.07) is 11.4. The minimum Gasteiger partial charge on any atom is -0.486 e. The van der Waals surface area contributed by atoms with Crippen LogP contribution in [-0.2, 0) is 6.61 Å². The van der Waals surface area contributed by atoms with Crippen LogP contribution in [0.25, 0.3) is 0 Å². The Labute approximate surface area is 157 Å². The second-order valence-electron chi connectivity index (χ2n) is 6.76. The second-order valence-corrected chi connectivity index (χ2v) is 6.76. The quantitative estimate of drug-likeness (QED) is 0.749. The summed E-state index contributed by atoms with van der Waals surface area (Å²) in [6.07, 6.45) is 3.26. The molecule has 3 aromatic rings. The fourth-order valence-electron chi connectivity index (χ4n) is 3.41. The fourth-order valence-corrected chi connectivity index (χ4v) is 3.41. The van der Waals surface area contributed by atoms with E-state index in [4.69, 9.17) is 9.15 Å². The largest absolute Gasteiger partial charge is 0.486 e. The maximum absolute atomic E-state index is 12.9. The molecule has 0 aliphatic carbocycles. The third-order valence-electron chi connectivity index (χ3n) is 4.89. The Balaban J connectivity index is 1.37. The number of aromatic nitrogens is 3. The van der Waals surface area contributed by atoms with E-state index < -0.39 is 0 Å². The molecule has 1 aromatic carbocycles. The first kappa shape index (κ1) is 17.3. The van der Waals surface area contributed by atoms with Crippen molar-refractivity contribution < 1.29 is 13.9 Å². The number of benzene rings is 1. The first-order valence-corrected chi connectivity index (χ1v) is 9.12. The van der Waals surface area contributed by atoms with Gasteiger partial charge in [-0.15, -0.1) is 0 Å². The number of aromatic amines is 1. The average Bonchev–Trinajstić information content (AvgIpc) is 3.37. The number of likely N-dealkylation sites (tertiary alicyclic amines) is 1. The van der Waals surface area contributed by atoms with E-state index in [-0.39, 0.29) is 5.91 Å². The Bertz CT molecular complexity index is 881. The summed E-state index contributed by atoms with van der Waals surface area (Å²) in [7, 11) is 0. The Morgan fingerprint density at radius 1 is 1.30 bits per heavy atom. The van der Waals surface area contributed by atoms with Crippen molar-refractivity contribution in [2.45, 2.75) is 32.3 Å². The maximum atomic E-state index is 12.9. The highest BCUT2D eigenvalue weighted by molar-refractivity contribution is 5.93. The van der Waals surface area contributed by atoms with Gasteiger partial charge in [-0.3, -0.25) is 9.89 Å². The normalized spacial score (nSPS) is 15.1. The highest BCUT2D eigenvalue weighted by atomic mass is 16.5. The van der Waals surface area contributed by atoms with E-state index in [2.05, 4.69) is 15.2 Å². The fraction of sp³-hybridized carbons (Fsp3) is 0.350. The summed E-state index contributed by atoms with van der Waals surface area (Å²) < 4.78 is 11.5. The van der Waals surface area contributed by atoms with Crippen molar-refractivity contribution in [3.05, 3.63) is 65.6 Å². The van der Waals surface area contributed by atoms with Gasteiger partial charge < -0.3 is 14.1 Å². The zero-order chi connectivity index (χ0) is 18.6. The van der Waals surface area contributed by atoms with Crippen LogP contribution < -0.4 is 4.74 Å². The average molecular weight is 366 g/mol. The molecule has 27 heavy (non-hydrogen) atoms. The number of H-pyrrole nitrogens is 1. The molecule has 0 radical (unpaired) electrons. The van der Waals surface area contributed by atoms with Crippen molar-refractivity contribution in [1.82, 2.24) is 20.1 Å². The number of ether oxygens (including phenoxy) is 1. The molecular weight excluding hydrogens is 344 g/mol. The number of amides is 1. The standard InChI is InChI=1S/C20H22N4O3/c1-14-11-17(12-26-16-5-3-2-4-6-16)27-18(14)20(25)24-9-7-15(8-10-24)19-21-13-22-23-19/h2-6,11,13,15H,7-10,12H2,1H3,(H,21,22,23). The molecular formula is C20H22N4O3. The number of hydrogen-bond acceptors (Lipinski definition) is 5. The molecule has 0 atom stereocenters. The highest BCUT2D eigenvalue weighted by Crippen LogP contribution is 2.27. The van der Waals surface area contributed by atoms with Crippen molar-refractivity contribution >= 4 is 5.91 Å². The van der Waals surface area contributed by atoms with Crippen LogP contribution in [0.5, 0.6) is 5.75 Å². The Morgan fingerprint density at radius 3 is 2.78 bits per heavy atom. The van der Waals surface area contributed by atoms with Gasteiger partial charge in [0.2, 0.25) is 0 Å². The number of carbonyl (C=O) groups is 1. The second kappa shape index (κ2) is 7.65. The number of furan rings is 1. The van der Waals surface area contributed by atoms with Crippen LogP contribution in [0, 0.1) is 6.92 Å². The van der Waals surface area contributed by atoms with Gasteiger partial charge in [-0.2, -0.15) is 5.10 Å². The third-order valence-corrected chi connectivity index (χ3v) is 4.89. The predicted molar refractivity (Wildman–Crippen MR) is 98.5 cm³/mol. The molecule has 1 aliphatic rings. The minimum absolute atomic E-state index is 0.0607. The molecule has 1 fully saturated rings. The van der Waals surface area contributed by atoms with Crippen LogP contribution in [0.4, 0.5) is 0 Å². The molecule has 1 aliphatic heterocycles. The number of para-hydroxylation sites is 1. The molecule has 2 aromatic heterocycles.